The Hall–Kier alpha value is -2.96. The predicted molar refractivity (Wildman–Crippen MR) is 131 cm³/mol. The van der Waals surface area contributed by atoms with Crippen molar-refractivity contribution in [3.05, 3.63) is 72.3 Å². The Morgan fingerprint density at radius 3 is 1.67 bits per heavy atom. The Kier molecular flexibility index (Phi) is 12.7. The third-order valence-electron chi connectivity index (χ3n) is 3.95. The van der Waals surface area contributed by atoms with Crippen LogP contribution in [0.25, 0.3) is 0 Å². The summed E-state index contributed by atoms with van der Waals surface area (Å²) in [5, 5.41) is 32.7. The van der Waals surface area contributed by atoms with E-state index in [0.717, 1.165) is 22.9 Å². The number of anilines is 2. The molecule has 9 heteroatoms. The molecule has 0 atom stereocenters. The largest absolute Gasteiger partial charge is 1.00 e. The first kappa shape index (κ1) is 28.1. The summed E-state index contributed by atoms with van der Waals surface area (Å²) in [7, 11) is 0. The molecule has 0 saturated heterocycles. The number of phenols is 2. The number of thiocarbonyl (C=S) groups is 1. The van der Waals surface area contributed by atoms with Crippen molar-refractivity contribution in [2.24, 2.45) is 0 Å². The Morgan fingerprint density at radius 2 is 1.30 bits per heavy atom. The van der Waals surface area contributed by atoms with E-state index in [9.17, 15) is 0 Å². The van der Waals surface area contributed by atoms with Crippen LogP contribution in [-0.4, -0.2) is 28.5 Å². The molecule has 7 nitrogen and oxygen atoms in total. The van der Waals surface area contributed by atoms with Crippen LogP contribution >= 0.6 is 12.2 Å². The molecule has 0 spiro atoms. The Morgan fingerprint density at radius 1 is 0.848 bits per heavy atom. The second kappa shape index (κ2) is 15.0. The van der Waals surface area contributed by atoms with Crippen LogP contribution in [-0.2, 0) is 0 Å². The molecule has 4 N–H and O–H groups in total. The van der Waals surface area contributed by atoms with Gasteiger partial charge in [0.05, 0.1) is 24.8 Å². The van der Waals surface area contributed by atoms with Crippen molar-refractivity contribution in [3.8, 4) is 29.1 Å². The second-order valence-electron chi connectivity index (χ2n) is 6.31. The fraction of sp³-hybridized carbons (Fsp3) is 0.167. The van der Waals surface area contributed by atoms with E-state index in [1.54, 1.807) is 0 Å². The molecule has 0 fully saturated rings. The van der Waals surface area contributed by atoms with Crippen molar-refractivity contribution >= 4 is 28.7 Å². The fourth-order valence-electron chi connectivity index (χ4n) is 2.49. The minimum Gasteiger partial charge on any atom is -1.00 e. The third-order valence-corrected chi connectivity index (χ3v) is 4.16. The summed E-state index contributed by atoms with van der Waals surface area (Å²) in [5.41, 5.74) is 2.15. The average Bonchev–Trinajstić information content (AvgIpc) is 2.79. The summed E-state index contributed by atoms with van der Waals surface area (Å²) < 4.78 is 10.8. The van der Waals surface area contributed by atoms with Gasteiger partial charge in [-0.25, -0.2) is 0 Å². The van der Waals surface area contributed by atoms with E-state index >= 15 is 0 Å². The average molecular weight is 476 g/mol. The van der Waals surface area contributed by atoms with Crippen LogP contribution in [0.5, 0.6) is 23.0 Å². The molecular formula is C24H26N3NaO4S. The van der Waals surface area contributed by atoms with Crippen molar-refractivity contribution in [1.82, 2.24) is 0 Å². The molecule has 3 aromatic carbocycles. The molecule has 3 rings (SSSR count). The number of hydrogen-bond donors (Lipinski definition) is 4. The zero-order valence-corrected chi connectivity index (χ0v) is 21.6. The maximum absolute atomic E-state index is 8.83. The number of hydrogen-bond acceptors (Lipinski definition) is 6. The van der Waals surface area contributed by atoms with Crippen molar-refractivity contribution < 1.29 is 50.7 Å². The van der Waals surface area contributed by atoms with Crippen LogP contribution in [0, 0.1) is 11.3 Å². The molecule has 0 bridgehead atoms. The summed E-state index contributed by atoms with van der Waals surface area (Å²) in [5.74, 6) is 1.22. The van der Waals surface area contributed by atoms with Gasteiger partial charge in [0.25, 0.3) is 0 Å². The van der Waals surface area contributed by atoms with Gasteiger partial charge in [0.15, 0.2) is 16.6 Å². The summed E-state index contributed by atoms with van der Waals surface area (Å²) in [6.45, 7) is 5.24. The molecular weight excluding hydrogens is 449 g/mol. The van der Waals surface area contributed by atoms with E-state index in [-0.39, 0.29) is 42.5 Å². The van der Waals surface area contributed by atoms with Gasteiger partial charge in [0, 0.05) is 17.4 Å². The molecule has 0 radical (unpaired) electrons. The van der Waals surface area contributed by atoms with E-state index in [2.05, 4.69) is 10.6 Å². The first-order valence-corrected chi connectivity index (χ1v) is 10.3. The van der Waals surface area contributed by atoms with E-state index in [4.69, 9.17) is 37.2 Å². The van der Waals surface area contributed by atoms with Gasteiger partial charge < -0.3 is 31.7 Å². The Balaban J connectivity index is 0.000000770. The van der Waals surface area contributed by atoms with Gasteiger partial charge in [-0.05, 0) is 86.7 Å². The molecule has 0 heterocycles. The third kappa shape index (κ3) is 10.0. The Bertz CT molecular complexity index is 1010. The summed E-state index contributed by atoms with van der Waals surface area (Å²) >= 11 is 5.30. The minimum absolute atomic E-state index is 0. The van der Waals surface area contributed by atoms with Crippen LogP contribution in [0.2, 0.25) is 0 Å². The molecule has 0 aliphatic rings. The first-order chi connectivity index (χ1) is 15.4. The van der Waals surface area contributed by atoms with Gasteiger partial charge in [-0.15, -0.1) is 0 Å². The summed E-state index contributed by atoms with van der Waals surface area (Å²) in [6, 6.07) is 21.1. The molecule has 3 aromatic rings. The van der Waals surface area contributed by atoms with Gasteiger partial charge in [-0.2, -0.15) is 5.26 Å². The summed E-state index contributed by atoms with van der Waals surface area (Å²) in [6.07, 6.45) is 0. The van der Waals surface area contributed by atoms with Crippen LogP contribution < -0.4 is 49.7 Å². The SMILES string of the molecule is CCOc1ccc(NC(=S)Nc2ccc(OCC)cc2)cc1.N#Cc1ccc(O)c(O)c1.[H-].[Na+]. The van der Waals surface area contributed by atoms with E-state index in [1.807, 2.05) is 68.4 Å². The van der Waals surface area contributed by atoms with Gasteiger partial charge >= 0.3 is 29.6 Å². The number of rotatable bonds is 6. The van der Waals surface area contributed by atoms with E-state index in [0.29, 0.717) is 23.9 Å². The molecule has 0 unspecified atom stereocenters. The van der Waals surface area contributed by atoms with Crippen LogP contribution in [0.15, 0.2) is 66.7 Å². The summed E-state index contributed by atoms with van der Waals surface area (Å²) in [4.78, 5) is 0. The maximum Gasteiger partial charge on any atom is 1.00 e. The van der Waals surface area contributed by atoms with Gasteiger partial charge in [0.2, 0.25) is 0 Å². The van der Waals surface area contributed by atoms with Gasteiger partial charge in [-0.3, -0.25) is 0 Å². The van der Waals surface area contributed by atoms with Crippen LogP contribution in [0.4, 0.5) is 11.4 Å². The van der Waals surface area contributed by atoms with E-state index in [1.165, 1.54) is 18.2 Å². The second-order valence-corrected chi connectivity index (χ2v) is 6.72. The van der Waals surface area contributed by atoms with Crippen LogP contribution in [0.3, 0.4) is 0 Å². The molecule has 33 heavy (non-hydrogen) atoms. The molecule has 0 aromatic heterocycles. The van der Waals surface area contributed by atoms with Crippen molar-refractivity contribution in [2.75, 3.05) is 23.8 Å². The molecule has 168 valence electrons. The molecule has 0 aliphatic carbocycles. The normalized spacial score (nSPS) is 9.24. The number of nitrogens with one attached hydrogen (secondary N) is 2. The topological polar surface area (TPSA) is 107 Å². The standard InChI is InChI=1S/C17H20N2O2S.C7H5NO2.Na.H/c1-3-20-15-9-5-13(6-10-15)18-17(22)19-14-7-11-16(12-8-14)21-4-2;8-4-5-1-2-6(9)7(10)3-5;;/h5-12H,3-4H2,1-2H3,(H2,18,19,22);1-3,9-10H;;/q;;+1;-1. The Labute approximate surface area is 222 Å². The number of nitriles is 1. The first-order valence-electron chi connectivity index (χ1n) is 9.91. The zero-order valence-electron chi connectivity index (χ0n) is 19.8. The minimum atomic E-state index is -0.265. The smallest absolute Gasteiger partial charge is 1.00 e. The molecule has 0 aliphatic heterocycles. The van der Waals surface area contributed by atoms with Crippen molar-refractivity contribution in [3.63, 3.8) is 0 Å². The number of aromatic hydroxyl groups is 2. The number of nitrogens with zero attached hydrogens (tertiary/aromatic N) is 1. The number of ether oxygens (including phenoxy) is 2. The van der Waals surface area contributed by atoms with Crippen molar-refractivity contribution in [1.29, 1.82) is 5.26 Å². The van der Waals surface area contributed by atoms with Gasteiger partial charge in [-0.1, -0.05) is 0 Å². The molecule has 0 saturated carbocycles. The maximum atomic E-state index is 8.83. The zero-order chi connectivity index (χ0) is 23.3. The quantitative estimate of drug-likeness (QED) is 0.245. The number of benzene rings is 3. The van der Waals surface area contributed by atoms with Gasteiger partial charge in [0.1, 0.15) is 11.5 Å². The fourth-order valence-corrected chi connectivity index (χ4v) is 2.72. The molecule has 0 amide bonds. The number of phenolic OH excluding ortho intramolecular Hbond substituents is 2. The predicted octanol–water partition coefficient (Wildman–Crippen LogP) is 2.38. The van der Waals surface area contributed by atoms with Crippen molar-refractivity contribution in [2.45, 2.75) is 13.8 Å². The van der Waals surface area contributed by atoms with Crippen LogP contribution in [0.1, 0.15) is 20.8 Å². The van der Waals surface area contributed by atoms with E-state index < -0.39 is 0 Å². The monoisotopic (exact) mass is 475 g/mol.